The maximum absolute atomic E-state index is 13.3. The van der Waals surface area contributed by atoms with Crippen molar-refractivity contribution in [2.45, 2.75) is 4.90 Å². The van der Waals surface area contributed by atoms with E-state index in [1.165, 1.54) is 30.3 Å². The van der Waals surface area contributed by atoms with Crippen molar-refractivity contribution in [3.8, 4) is 0 Å². The fourth-order valence-electron chi connectivity index (χ4n) is 2.58. The number of rotatable bonds is 5. The van der Waals surface area contributed by atoms with Gasteiger partial charge in [-0.1, -0.05) is 41.4 Å². The van der Waals surface area contributed by atoms with E-state index in [1.807, 2.05) is 0 Å². The van der Waals surface area contributed by atoms with Crippen LogP contribution in [0.3, 0.4) is 0 Å². The summed E-state index contributed by atoms with van der Waals surface area (Å²) in [4.78, 5) is 24.0. The van der Waals surface area contributed by atoms with Crippen LogP contribution in [0.1, 0.15) is 20.7 Å². The van der Waals surface area contributed by atoms with Crippen LogP contribution in [0.4, 0.5) is 5.69 Å². The Morgan fingerprint density at radius 3 is 2.03 bits per heavy atom. The summed E-state index contributed by atoms with van der Waals surface area (Å²) < 4.78 is 27.2. The van der Waals surface area contributed by atoms with Crippen LogP contribution in [-0.4, -0.2) is 25.4 Å². The molecule has 3 aromatic carbocycles. The smallest absolute Gasteiger partial charge is 0.335 e. The van der Waals surface area contributed by atoms with Crippen molar-refractivity contribution < 1.29 is 23.1 Å². The van der Waals surface area contributed by atoms with E-state index in [9.17, 15) is 18.0 Å². The van der Waals surface area contributed by atoms with Gasteiger partial charge in [0.05, 0.1) is 26.7 Å². The van der Waals surface area contributed by atoms with Crippen molar-refractivity contribution in [3.05, 3.63) is 94.0 Å². The third-order valence-corrected chi connectivity index (χ3v) is 6.25. The van der Waals surface area contributed by atoms with Gasteiger partial charge in [-0.05, 0) is 54.6 Å². The molecular formula is C20H13Cl2NO5S. The summed E-state index contributed by atoms with van der Waals surface area (Å²) in [6, 6.07) is 16.4. The van der Waals surface area contributed by atoms with Crippen LogP contribution in [0.5, 0.6) is 0 Å². The third kappa shape index (κ3) is 4.27. The van der Waals surface area contributed by atoms with Gasteiger partial charge in [-0.2, -0.15) is 4.31 Å². The fraction of sp³-hybridized carbons (Fsp3) is 0. The molecule has 6 nitrogen and oxygen atoms in total. The monoisotopic (exact) mass is 449 g/mol. The molecule has 0 heterocycles. The summed E-state index contributed by atoms with van der Waals surface area (Å²) in [5, 5.41) is 9.31. The quantitative estimate of drug-likeness (QED) is 0.607. The average Bonchev–Trinajstić information content (AvgIpc) is 2.68. The Balaban J connectivity index is 2.15. The molecule has 0 unspecified atom stereocenters. The van der Waals surface area contributed by atoms with Crippen LogP contribution in [0.15, 0.2) is 77.7 Å². The Kier molecular flexibility index (Phi) is 5.93. The van der Waals surface area contributed by atoms with Gasteiger partial charge in [0.15, 0.2) is 0 Å². The Labute approximate surface area is 177 Å². The number of benzene rings is 3. The highest BCUT2D eigenvalue weighted by Gasteiger charge is 2.33. The first-order valence-electron chi connectivity index (χ1n) is 8.15. The first kappa shape index (κ1) is 20.9. The van der Waals surface area contributed by atoms with Gasteiger partial charge in [0.1, 0.15) is 0 Å². The number of carboxylic acids is 1. The topological polar surface area (TPSA) is 91.8 Å². The molecule has 0 aromatic heterocycles. The van der Waals surface area contributed by atoms with E-state index in [2.05, 4.69) is 0 Å². The second-order valence-electron chi connectivity index (χ2n) is 5.86. The molecule has 0 radical (unpaired) electrons. The maximum atomic E-state index is 13.3. The van der Waals surface area contributed by atoms with Crippen molar-refractivity contribution in [3.63, 3.8) is 0 Å². The molecule has 3 aromatic rings. The normalized spacial score (nSPS) is 11.1. The van der Waals surface area contributed by atoms with Gasteiger partial charge in [-0.3, -0.25) is 4.79 Å². The molecule has 0 spiro atoms. The molecule has 0 bridgehead atoms. The molecule has 0 aliphatic heterocycles. The third-order valence-electron chi connectivity index (χ3n) is 3.98. The number of aromatic carboxylic acids is 1. The Hall–Kier alpha value is -2.87. The van der Waals surface area contributed by atoms with Gasteiger partial charge in [0.2, 0.25) is 0 Å². The van der Waals surface area contributed by atoms with E-state index in [0.29, 0.717) is 9.33 Å². The lowest BCUT2D eigenvalue weighted by atomic mass is 10.2. The van der Waals surface area contributed by atoms with E-state index < -0.39 is 21.9 Å². The maximum Gasteiger partial charge on any atom is 0.335 e. The summed E-state index contributed by atoms with van der Waals surface area (Å²) in [5.74, 6) is -2.07. The molecule has 3 rings (SSSR count). The SMILES string of the molecule is O=C(O)c1ccc(S(=O)(=O)N(C(=O)c2ccc(Cl)cc2Cl)c2ccccc2)cc1. The van der Waals surface area contributed by atoms with Crippen molar-refractivity contribution in [2.75, 3.05) is 4.31 Å². The van der Waals surface area contributed by atoms with Gasteiger partial charge < -0.3 is 5.11 Å². The van der Waals surface area contributed by atoms with Crippen LogP contribution < -0.4 is 4.31 Å². The summed E-state index contributed by atoms with van der Waals surface area (Å²) in [7, 11) is -4.37. The minimum atomic E-state index is -4.37. The number of hydrogen-bond acceptors (Lipinski definition) is 4. The molecule has 29 heavy (non-hydrogen) atoms. The van der Waals surface area contributed by atoms with E-state index in [-0.39, 0.29) is 26.7 Å². The second kappa shape index (κ2) is 8.24. The van der Waals surface area contributed by atoms with Crippen molar-refractivity contribution in [1.82, 2.24) is 0 Å². The van der Waals surface area contributed by atoms with Gasteiger partial charge >= 0.3 is 5.97 Å². The van der Waals surface area contributed by atoms with Gasteiger partial charge in [0.25, 0.3) is 15.9 Å². The summed E-state index contributed by atoms with van der Waals surface area (Å²) in [5.41, 5.74) is -0.0289. The summed E-state index contributed by atoms with van der Waals surface area (Å²) >= 11 is 12.0. The first-order valence-corrected chi connectivity index (χ1v) is 10.3. The van der Waals surface area contributed by atoms with Crippen molar-refractivity contribution in [2.24, 2.45) is 0 Å². The van der Waals surface area contributed by atoms with Crippen LogP contribution in [-0.2, 0) is 10.0 Å². The largest absolute Gasteiger partial charge is 0.478 e. The number of halogens is 2. The van der Waals surface area contributed by atoms with Crippen molar-refractivity contribution in [1.29, 1.82) is 0 Å². The minimum Gasteiger partial charge on any atom is -0.478 e. The molecule has 9 heteroatoms. The molecular weight excluding hydrogens is 437 g/mol. The molecule has 148 valence electrons. The highest BCUT2D eigenvalue weighted by Crippen LogP contribution is 2.29. The molecule has 0 fully saturated rings. The van der Waals surface area contributed by atoms with Gasteiger partial charge in [-0.15, -0.1) is 0 Å². The number of para-hydroxylation sites is 1. The van der Waals surface area contributed by atoms with Crippen LogP contribution in [0, 0.1) is 0 Å². The molecule has 0 aliphatic rings. The van der Waals surface area contributed by atoms with E-state index >= 15 is 0 Å². The van der Waals surface area contributed by atoms with Crippen LogP contribution >= 0.6 is 23.2 Å². The first-order chi connectivity index (χ1) is 13.7. The molecule has 0 saturated heterocycles. The number of amides is 1. The predicted molar refractivity (Wildman–Crippen MR) is 110 cm³/mol. The van der Waals surface area contributed by atoms with Crippen molar-refractivity contribution >= 4 is 50.8 Å². The Morgan fingerprint density at radius 1 is 0.862 bits per heavy atom. The zero-order valence-electron chi connectivity index (χ0n) is 14.6. The number of nitrogens with zero attached hydrogens (tertiary/aromatic N) is 1. The summed E-state index contributed by atoms with van der Waals surface area (Å²) in [6.45, 7) is 0. The standard InChI is InChI=1S/C20H13Cl2NO5S/c21-14-8-11-17(18(22)12-14)19(24)23(15-4-2-1-3-5-15)29(27,28)16-9-6-13(7-10-16)20(25)26/h1-12H,(H,25,26). The number of carbonyl (C=O) groups excluding carboxylic acids is 1. The molecule has 1 N–H and O–H groups in total. The number of hydrogen-bond donors (Lipinski definition) is 1. The highest BCUT2D eigenvalue weighted by atomic mass is 35.5. The van der Waals surface area contributed by atoms with Crippen LogP contribution in [0.25, 0.3) is 0 Å². The zero-order chi connectivity index (χ0) is 21.2. The second-order valence-corrected chi connectivity index (χ2v) is 8.49. The lowest BCUT2D eigenvalue weighted by Crippen LogP contribution is -2.37. The van der Waals surface area contributed by atoms with Crippen LogP contribution in [0.2, 0.25) is 10.0 Å². The number of sulfonamides is 1. The van der Waals surface area contributed by atoms with Gasteiger partial charge in [-0.25, -0.2) is 13.2 Å². The average molecular weight is 450 g/mol. The zero-order valence-corrected chi connectivity index (χ0v) is 16.9. The number of carboxylic acid groups (broad SMARTS) is 1. The molecule has 0 atom stereocenters. The van der Waals surface area contributed by atoms with E-state index in [0.717, 1.165) is 24.3 Å². The number of carbonyl (C=O) groups is 2. The fourth-order valence-corrected chi connectivity index (χ4v) is 4.47. The van der Waals surface area contributed by atoms with E-state index in [1.54, 1.807) is 18.2 Å². The highest BCUT2D eigenvalue weighted by molar-refractivity contribution is 7.93. The molecule has 1 amide bonds. The lowest BCUT2D eigenvalue weighted by molar-refractivity contribution is 0.0696. The Bertz CT molecular complexity index is 1180. The molecule has 0 aliphatic carbocycles. The number of anilines is 1. The molecule has 0 saturated carbocycles. The minimum absolute atomic E-state index is 0.000133. The lowest BCUT2D eigenvalue weighted by Gasteiger charge is -2.23. The van der Waals surface area contributed by atoms with Gasteiger partial charge in [0, 0.05) is 5.02 Å². The Morgan fingerprint density at radius 2 is 1.48 bits per heavy atom. The van der Waals surface area contributed by atoms with E-state index in [4.69, 9.17) is 28.3 Å². The predicted octanol–water partition coefficient (Wildman–Crippen LogP) is 4.73. The summed E-state index contributed by atoms with van der Waals surface area (Å²) in [6.07, 6.45) is 0.